The van der Waals surface area contributed by atoms with E-state index in [2.05, 4.69) is 4.98 Å². The number of amides is 2. The van der Waals surface area contributed by atoms with Gasteiger partial charge in [0.2, 0.25) is 5.91 Å². The Hall–Kier alpha value is -3.30. The quantitative estimate of drug-likeness (QED) is 0.817. The standard InChI is InChI=1S/C19H19F3N4O3/c20-19(21,22)14-3-6-16(24-11-14)25-7-9-26(10-8-25)17(27)12-29-15-4-1-13(2-5-15)18(23)28/h1-6,11H,7-10,12H2,(H2,23,28). The average molecular weight is 408 g/mol. The average Bonchev–Trinajstić information content (AvgIpc) is 2.72. The summed E-state index contributed by atoms with van der Waals surface area (Å²) in [5.74, 6) is 0.129. The number of benzene rings is 1. The summed E-state index contributed by atoms with van der Waals surface area (Å²) in [6, 6.07) is 8.47. The molecular formula is C19H19F3N4O3. The van der Waals surface area contributed by atoms with E-state index in [-0.39, 0.29) is 12.5 Å². The third-order valence-electron chi connectivity index (χ3n) is 4.53. The van der Waals surface area contributed by atoms with Crippen molar-refractivity contribution < 1.29 is 27.5 Å². The van der Waals surface area contributed by atoms with E-state index in [9.17, 15) is 22.8 Å². The lowest BCUT2D eigenvalue weighted by molar-refractivity contribution is -0.138. The summed E-state index contributed by atoms with van der Waals surface area (Å²) in [7, 11) is 0. The van der Waals surface area contributed by atoms with Gasteiger partial charge in [-0.3, -0.25) is 9.59 Å². The highest BCUT2D eigenvalue weighted by Crippen LogP contribution is 2.29. The first kappa shape index (κ1) is 20.4. The summed E-state index contributed by atoms with van der Waals surface area (Å²) < 4.78 is 43.3. The third kappa shape index (κ3) is 5.15. The molecule has 1 aromatic heterocycles. The molecule has 10 heteroatoms. The van der Waals surface area contributed by atoms with Crippen LogP contribution in [0, 0.1) is 0 Å². The fourth-order valence-electron chi connectivity index (χ4n) is 2.88. The number of nitrogens with zero attached hydrogens (tertiary/aromatic N) is 3. The van der Waals surface area contributed by atoms with Gasteiger partial charge in [0.1, 0.15) is 11.6 Å². The molecule has 1 saturated heterocycles. The molecule has 0 spiro atoms. The van der Waals surface area contributed by atoms with Crippen molar-refractivity contribution in [3.05, 3.63) is 53.7 Å². The van der Waals surface area contributed by atoms with Crippen LogP contribution in [0.4, 0.5) is 19.0 Å². The number of rotatable bonds is 5. The topological polar surface area (TPSA) is 88.8 Å². The normalized spacial score (nSPS) is 14.6. The van der Waals surface area contributed by atoms with Crippen LogP contribution in [-0.2, 0) is 11.0 Å². The molecule has 1 aromatic carbocycles. The maximum atomic E-state index is 12.6. The molecule has 3 rings (SSSR count). The van der Waals surface area contributed by atoms with Crippen molar-refractivity contribution in [3.8, 4) is 5.75 Å². The number of halogens is 3. The number of nitrogens with two attached hydrogens (primary N) is 1. The molecule has 0 saturated carbocycles. The van der Waals surface area contributed by atoms with Gasteiger partial charge >= 0.3 is 6.18 Å². The van der Waals surface area contributed by atoms with Crippen LogP contribution in [0.3, 0.4) is 0 Å². The van der Waals surface area contributed by atoms with Crippen molar-refractivity contribution in [2.75, 3.05) is 37.7 Å². The SMILES string of the molecule is NC(=O)c1ccc(OCC(=O)N2CCN(c3ccc(C(F)(F)F)cn3)CC2)cc1. The predicted molar refractivity (Wildman–Crippen MR) is 98.5 cm³/mol. The molecule has 0 atom stereocenters. The minimum Gasteiger partial charge on any atom is -0.484 e. The number of anilines is 1. The van der Waals surface area contributed by atoms with Crippen LogP contribution in [0.15, 0.2) is 42.6 Å². The van der Waals surface area contributed by atoms with Crippen LogP contribution in [0.5, 0.6) is 5.75 Å². The summed E-state index contributed by atoms with van der Waals surface area (Å²) in [5.41, 5.74) is 4.71. The molecule has 0 bridgehead atoms. The molecule has 7 nitrogen and oxygen atoms in total. The molecule has 29 heavy (non-hydrogen) atoms. The van der Waals surface area contributed by atoms with Crippen LogP contribution < -0.4 is 15.4 Å². The smallest absolute Gasteiger partial charge is 0.417 e. The Kier molecular flexibility index (Phi) is 5.90. The lowest BCUT2D eigenvalue weighted by Gasteiger charge is -2.35. The highest BCUT2D eigenvalue weighted by Gasteiger charge is 2.31. The maximum absolute atomic E-state index is 12.6. The van der Waals surface area contributed by atoms with Crippen molar-refractivity contribution in [1.82, 2.24) is 9.88 Å². The molecule has 0 unspecified atom stereocenters. The molecule has 2 amide bonds. The second-order valence-electron chi connectivity index (χ2n) is 6.45. The Morgan fingerprint density at radius 1 is 1.03 bits per heavy atom. The fraction of sp³-hybridized carbons (Fsp3) is 0.316. The van der Waals surface area contributed by atoms with E-state index in [1.54, 1.807) is 17.0 Å². The first-order valence-corrected chi connectivity index (χ1v) is 8.82. The summed E-state index contributed by atoms with van der Waals surface area (Å²) in [6.07, 6.45) is -3.61. The van der Waals surface area contributed by atoms with E-state index in [4.69, 9.17) is 10.5 Å². The van der Waals surface area contributed by atoms with E-state index >= 15 is 0 Å². The third-order valence-corrected chi connectivity index (χ3v) is 4.53. The van der Waals surface area contributed by atoms with Crippen molar-refractivity contribution in [3.63, 3.8) is 0 Å². The Morgan fingerprint density at radius 2 is 1.69 bits per heavy atom. The summed E-state index contributed by atoms with van der Waals surface area (Å²) in [6.45, 7) is 1.57. The first-order valence-electron chi connectivity index (χ1n) is 8.82. The molecule has 0 radical (unpaired) electrons. The number of carbonyl (C=O) groups excluding carboxylic acids is 2. The Balaban J connectivity index is 1.48. The van der Waals surface area contributed by atoms with Gasteiger partial charge in [-0.05, 0) is 36.4 Å². The summed E-state index contributed by atoms with van der Waals surface area (Å²) >= 11 is 0. The summed E-state index contributed by atoms with van der Waals surface area (Å²) in [5, 5.41) is 0. The van der Waals surface area contributed by atoms with Gasteiger partial charge < -0.3 is 20.3 Å². The number of aromatic nitrogens is 1. The number of pyridine rings is 1. The van der Waals surface area contributed by atoms with Gasteiger partial charge in [-0.2, -0.15) is 13.2 Å². The number of ether oxygens (including phenoxy) is 1. The van der Waals surface area contributed by atoms with Crippen molar-refractivity contribution in [2.24, 2.45) is 5.73 Å². The highest BCUT2D eigenvalue weighted by atomic mass is 19.4. The second kappa shape index (κ2) is 8.38. The van der Waals surface area contributed by atoms with Crippen molar-refractivity contribution in [2.45, 2.75) is 6.18 Å². The molecule has 1 aliphatic rings. The molecular weight excluding hydrogens is 389 g/mol. The molecule has 1 fully saturated rings. The maximum Gasteiger partial charge on any atom is 0.417 e. The number of primary amides is 1. The number of hydrogen-bond acceptors (Lipinski definition) is 5. The number of carbonyl (C=O) groups is 2. The lowest BCUT2D eigenvalue weighted by atomic mass is 10.2. The van der Waals surface area contributed by atoms with Crippen molar-refractivity contribution >= 4 is 17.6 Å². The van der Waals surface area contributed by atoms with Gasteiger partial charge in [-0.15, -0.1) is 0 Å². The minimum atomic E-state index is -4.42. The first-order chi connectivity index (χ1) is 13.7. The summed E-state index contributed by atoms with van der Waals surface area (Å²) in [4.78, 5) is 30.7. The largest absolute Gasteiger partial charge is 0.484 e. The van der Waals surface area contributed by atoms with Crippen LogP contribution >= 0.6 is 0 Å². The zero-order chi connectivity index (χ0) is 21.0. The lowest BCUT2D eigenvalue weighted by Crippen LogP contribution is -2.50. The van der Waals surface area contributed by atoms with E-state index in [0.29, 0.717) is 43.3 Å². The van der Waals surface area contributed by atoms with Crippen LogP contribution in [-0.4, -0.2) is 54.5 Å². The number of alkyl halides is 3. The van der Waals surface area contributed by atoms with Crippen LogP contribution in [0.1, 0.15) is 15.9 Å². The number of hydrogen-bond donors (Lipinski definition) is 1. The minimum absolute atomic E-state index is 0.158. The van der Waals surface area contributed by atoms with Gasteiger partial charge in [-0.25, -0.2) is 4.98 Å². The van der Waals surface area contributed by atoms with Gasteiger partial charge in [0.05, 0.1) is 5.56 Å². The molecule has 2 heterocycles. The van der Waals surface area contributed by atoms with Crippen LogP contribution in [0.25, 0.3) is 0 Å². The molecule has 154 valence electrons. The molecule has 2 aromatic rings. The second-order valence-corrected chi connectivity index (χ2v) is 6.45. The van der Waals surface area contributed by atoms with E-state index in [1.807, 2.05) is 4.90 Å². The Bertz CT molecular complexity index is 862. The van der Waals surface area contributed by atoms with Crippen LogP contribution in [0.2, 0.25) is 0 Å². The van der Waals surface area contributed by atoms with Gasteiger partial charge in [-0.1, -0.05) is 0 Å². The molecule has 0 aliphatic carbocycles. The predicted octanol–water partition coefficient (Wildman–Crippen LogP) is 1.93. The Labute approximate surface area is 164 Å². The number of piperazine rings is 1. The van der Waals surface area contributed by atoms with Gasteiger partial charge in [0.15, 0.2) is 6.61 Å². The molecule has 2 N–H and O–H groups in total. The van der Waals surface area contributed by atoms with E-state index in [0.717, 1.165) is 12.3 Å². The van der Waals surface area contributed by atoms with Crippen molar-refractivity contribution in [1.29, 1.82) is 0 Å². The zero-order valence-electron chi connectivity index (χ0n) is 15.4. The van der Waals surface area contributed by atoms with Gasteiger partial charge in [0, 0.05) is 37.9 Å². The monoisotopic (exact) mass is 408 g/mol. The zero-order valence-corrected chi connectivity index (χ0v) is 15.4. The van der Waals surface area contributed by atoms with E-state index < -0.39 is 17.6 Å². The highest BCUT2D eigenvalue weighted by molar-refractivity contribution is 5.92. The fourth-order valence-corrected chi connectivity index (χ4v) is 2.88. The van der Waals surface area contributed by atoms with Gasteiger partial charge in [0.25, 0.3) is 5.91 Å². The molecule has 1 aliphatic heterocycles. The Morgan fingerprint density at radius 3 is 2.21 bits per heavy atom. The van der Waals surface area contributed by atoms with E-state index in [1.165, 1.54) is 18.2 Å².